The number of allylic oxidation sites excluding steroid dienone is 2. The molecule has 0 aromatic carbocycles. The minimum Gasteiger partial charge on any atom is -0.462 e. The van der Waals surface area contributed by atoms with Gasteiger partial charge in [0.25, 0.3) is 0 Å². The van der Waals surface area contributed by atoms with Gasteiger partial charge in [-0.2, -0.15) is 0 Å². The second-order valence-electron chi connectivity index (χ2n) is 12.4. The summed E-state index contributed by atoms with van der Waals surface area (Å²) >= 11 is 0. The van der Waals surface area contributed by atoms with Gasteiger partial charge in [0.15, 0.2) is 6.10 Å². The number of hydrogen-bond acceptors (Lipinski definition) is 8. The summed E-state index contributed by atoms with van der Waals surface area (Å²) in [6.07, 6.45) is 31.0. The van der Waals surface area contributed by atoms with Crippen LogP contribution in [0.1, 0.15) is 174 Å². The summed E-state index contributed by atoms with van der Waals surface area (Å²) in [7, 11) is -4.36. The first kappa shape index (κ1) is 44.8. The Morgan fingerprint density at radius 2 is 1.09 bits per heavy atom. The van der Waals surface area contributed by atoms with Crippen LogP contribution in [-0.4, -0.2) is 49.3 Å². The number of phosphoric ester groups is 1. The summed E-state index contributed by atoms with van der Waals surface area (Å²) in [5.41, 5.74) is 5.32. The molecule has 272 valence electrons. The summed E-state index contributed by atoms with van der Waals surface area (Å²) in [5.74, 6) is -0.835. The fourth-order valence-corrected chi connectivity index (χ4v) is 5.85. The highest BCUT2D eigenvalue weighted by Gasteiger charge is 2.25. The van der Waals surface area contributed by atoms with Crippen LogP contribution in [0.5, 0.6) is 0 Å². The summed E-state index contributed by atoms with van der Waals surface area (Å²) in [4.78, 5) is 34.6. The first-order valence-corrected chi connectivity index (χ1v) is 20.2. The summed E-state index contributed by atoms with van der Waals surface area (Å²) in [6, 6.07) is 0. The van der Waals surface area contributed by atoms with Crippen molar-refractivity contribution in [3.8, 4) is 0 Å². The Morgan fingerprint density at radius 1 is 0.630 bits per heavy atom. The SMILES string of the molecule is CCCCC=CCCCCCCCC(=O)OC(COC(=O)CCCCCCCCCCCCCCCC)COP(=O)(O)OCCN. The predicted octanol–water partition coefficient (Wildman–Crippen LogP) is 9.88. The molecule has 0 saturated carbocycles. The molecule has 0 aliphatic rings. The molecule has 9 nitrogen and oxygen atoms in total. The molecule has 10 heteroatoms. The minimum atomic E-state index is -4.36. The number of ether oxygens (including phenoxy) is 2. The normalized spacial score (nSPS) is 13.6. The molecule has 0 spiro atoms. The average molecular weight is 676 g/mol. The largest absolute Gasteiger partial charge is 0.472 e. The van der Waals surface area contributed by atoms with Gasteiger partial charge >= 0.3 is 19.8 Å². The lowest BCUT2D eigenvalue weighted by molar-refractivity contribution is -0.161. The van der Waals surface area contributed by atoms with E-state index in [2.05, 4.69) is 26.0 Å². The zero-order chi connectivity index (χ0) is 34.0. The molecule has 0 aromatic rings. The standard InChI is InChI=1S/C36H70NO8P/c1-3-5-7-9-11-13-15-16-17-19-20-22-24-26-28-35(38)42-32-34(33-44-46(40,41)43-31-30-37)45-36(39)29-27-25-23-21-18-14-12-10-8-6-4-2/h10,12,34H,3-9,11,13-33,37H2,1-2H3,(H,40,41). The zero-order valence-corrected chi connectivity index (χ0v) is 30.5. The fraction of sp³-hybridized carbons (Fsp3) is 0.889. The van der Waals surface area contributed by atoms with Crippen LogP contribution < -0.4 is 5.73 Å². The van der Waals surface area contributed by atoms with E-state index in [0.29, 0.717) is 6.42 Å². The molecule has 0 heterocycles. The number of phosphoric acid groups is 1. The molecule has 0 rings (SSSR count). The van der Waals surface area contributed by atoms with Crippen LogP contribution in [0.15, 0.2) is 12.2 Å². The molecule has 0 aromatic heterocycles. The lowest BCUT2D eigenvalue weighted by Crippen LogP contribution is -2.29. The van der Waals surface area contributed by atoms with Gasteiger partial charge in [-0.1, -0.05) is 142 Å². The molecule has 0 aliphatic heterocycles. The van der Waals surface area contributed by atoms with Crippen LogP contribution in [0.3, 0.4) is 0 Å². The van der Waals surface area contributed by atoms with Gasteiger partial charge in [-0.25, -0.2) is 4.57 Å². The minimum absolute atomic E-state index is 0.0544. The van der Waals surface area contributed by atoms with E-state index in [1.54, 1.807) is 0 Å². The van der Waals surface area contributed by atoms with Gasteiger partial charge in [0.1, 0.15) is 6.61 Å². The Bertz CT molecular complexity index is 779. The van der Waals surface area contributed by atoms with Gasteiger partial charge in [-0.05, 0) is 32.1 Å². The third-order valence-electron chi connectivity index (χ3n) is 7.90. The molecule has 46 heavy (non-hydrogen) atoms. The Morgan fingerprint density at radius 3 is 1.61 bits per heavy atom. The molecule has 0 aliphatic carbocycles. The van der Waals surface area contributed by atoms with Crippen LogP contribution in [0.25, 0.3) is 0 Å². The van der Waals surface area contributed by atoms with Crippen LogP contribution >= 0.6 is 7.82 Å². The number of rotatable bonds is 35. The van der Waals surface area contributed by atoms with Gasteiger partial charge in [0.2, 0.25) is 0 Å². The van der Waals surface area contributed by atoms with Gasteiger partial charge in [-0.3, -0.25) is 18.6 Å². The molecular weight excluding hydrogens is 605 g/mol. The molecule has 0 bridgehead atoms. The predicted molar refractivity (Wildman–Crippen MR) is 188 cm³/mol. The maximum Gasteiger partial charge on any atom is 0.472 e. The van der Waals surface area contributed by atoms with E-state index in [1.807, 2.05) is 0 Å². The fourth-order valence-electron chi connectivity index (χ4n) is 5.09. The van der Waals surface area contributed by atoms with Crippen LogP contribution in [0.4, 0.5) is 0 Å². The van der Waals surface area contributed by atoms with Crippen molar-refractivity contribution in [1.82, 2.24) is 0 Å². The number of nitrogens with two attached hydrogens (primary N) is 1. The Balaban J connectivity index is 4.21. The maximum atomic E-state index is 12.5. The van der Waals surface area contributed by atoms with Crippen LogP contribution in [0, 0.1) is 0 Å². The maximum absolute atomic E-state index is 12.5. The van der Waals surface area contributed by atoms with E-state index in [4.69, 9.17) is 24.3 Å². The van der Waals surface area contributed by atoms with Crippen molar-refractivity contribution in [2.24, 2.45) is 5.73 Å². The van der Waals surface area contributed by atoms with Crippen molar-refractivity contribution < 1.29 is 37.6 Å². The van der Waals surface area contributed by atoms with E-state index in [1.165, 1.54) is 83.5 Å². The molecule has 3 N–H and O–H groups in total. The zero-order valence-electron chi connectivity index (χ0n) is 29.6. The summed E-state index contributed by atoms with van der Waals surface area (Å²) in [6.45, 7) is 3.68. The van der Waals surface area contributed by atoms with E-state index >= 15 is 0 Å². The van der Waals surface area contributed by atoms with Gasteiger partial charge < -0.3 is 20.1 Å². The Kier molecular flexibility index (Phi) is 32.7. The number of esters is 2. The van der Waals surface area contributed by atoms with Crippen LogP contribution in [0.2, 0.25) is 0 Å². The lowest BCUT2D eigenvalue weighted by atomic mass is 10.0. The molecule has 0 amide bonds. The first-order chi connectivity index (χ1) is 22.3. The number of carbonyl (C=O) groups is 2. The second-order valence-corrected chi connectivity index (χ2v) is 13.9. The van der Waals surface area contributed by atoms with Crippen molar-refractivity contribution in [2.45, 2.75) is 180 Å². The third-order valence-corrected chi connectivity index (χ3v) is 8.89. The van der Waals surface area contributed by atoms with E-state index in [9.17, 15) is 19.0 Å². The van der Waals surface area contributed by atoms with Gasteiger partial charge in [0, 0.05) is 19.4 Å². The molecule has 2 unspecified atom stereocenters. The van der Waals surface area contributed by atoms with Crippen molar-refractivity contribution in [3.63, 3.8) is 0 Å². The molecule has 2 atom stereocenters. The van der Waals surface area contributed by atoms with Gasteiger partial charge in [-0.15, -0.1) is 0 Å². The smallest absolute Gasteiger partial charge is 0.462 e. The summed E-state index contributed by atoms with van der Waals surface area (Å²) < 4.78 is 32.6. The molecule has 0 radical (unpaired) electrons. The van der Waals surface area contributed by atoms with Crippen molar-refractivity contribution in [2.75, 3.05) is 26.4 Å². The second kappa shape index (κ2) is 33.6. The quantitative estimate of drug-likeness (QED) is 0.0291. The van der Waals surface area contributed by atoms with Crippen molar-refractivity contribution >= 4 is 19.8 Å². The lowest BCUT2D eigenvalue weighted by Gasteiger charge is -2.19. The Hall–Kier alpha value is -1.25. The summed E-state index contributed by atoms with van der Waals surface area (Å²) in [5, 5.41) is 0. The molecule has 0 fully saturated rings. The van der Waals surface area contributed by atoms with E-state index in [-0.39, 0.29) is 38.6 Å². The monoisotopic (exact) mass is 675 g/mol. The number of unbranched alkanes of at least 4 members (excludes halogenated alkanes) is 20. The number of hydrogen-bond donors (Lipinski definition) is 2. The highest BCUT2D eigenvalue weighted by atomic mass is 31.2. The molecule has 0 saturated heterocycles. The highest BCUT2D eigenvalue weighted by Crippen LogP contribution is 2.43. The topological polar surface area (TPSA) is 134 Å². The van der Waals surface area contributed by atoms with E-state index in [0.717, 1.165) is 57.8 Å². The van der Waals surface area contributed by atoms with Crippen molar-refractivity contribution in [1.29, 1.82) is 0 Å². The molecular formula is C36H70NO8P. The number of carbonyl (C=O) groups excluding carboxylic acids is 2. The highest BCUT2D eigenvalue weighted by molar-refractivity contribution is 7.47. The Labute approximate surface area is 281 Å². The first-order valence-electron chi connectivity index (χ1n) is 18.7. The van der Waals surface area contributed by atoms with Crippen LogP contribution in [-0.2, 0) is 32.7 Å². The van der Waals surface area contributed by atoms with Crippen molar-refractivity contribution in [3.05, 3.63) is 12.2 Å². The third kappa shape index (κ3) is 32.7. The average Bonchev–Trinajstić information content (AvgIpc) is 3.04. The van der Waals surface area contributed by atoms with E-state index < -0.39 is 26.5 Å². The van der Waals surface area contributed by atoms with Gasteiger partial charge in [0.05, 0.1) is 13.2 Å².